The highest BCUT2D eigenvalue weighted by Gasteiger charge is 2.29. The van der Waals surface area contributed by atoms with E-state index >= 15 is 0 Å². The second kappa shape index (κ2) is 7.83. The third-order valence-electron chi connectivity index (χ3n) is 5.52. The number of nitrogens with zero attached hydrogens (tertiary/aromatic N) is 4. The minimum atomic E-state index is -0.367. The van der Waals surface area contributed by atoms with Gasteiger partial charge in [0.1, 0.15) is 5.01 Å². The molecule has 0 bridgehead atoms. The Morgan fingerprint density at radius 2 is 1.90 bits per heavy atom. The van der Waals surface area contributed by atoms with Crippen LogP contribution in [0.5, 0.6) is 0 Å². The van der Waals surface area contributed by atoms with Gasteiger partial charge in [0, 0.05) is 23.7 Å². The number of benzene rings is 1. The van der Waals surface area contributed by atoms with Gasteiger partial charge in [-0.15, -0.1) is 10.2 Å². The van der Waals surface area contributed by atoms with Crippen LogP contribution in [0.25, 0.3) is 21.7 Å². The van der Waals surface area contributed by atoms with Crippen molar-refractivity contribution < 1.29 is 9.21 Å². The Balaban J connectivity index is 1.24. The standard InChI is InChI=1S/C21H19N5O3S/c27-18(23-20-25-24-19(30-20)14-4-2-1-3-5-14)13-6-8-15(9-7-13)26-16-10-11-22-12-17(16)29-21(26)28/h1-5,10-13,15H,6-9H2,(H,23,25,27). The average molecular weight is 421 g/mol. The first kappa shape index (κ1) is 18.7. The number of oxazole rings is 1. The van der Waals surface area contributed by atoms with Gasteiger partial charge in [-0.25, -0.2) is 4.79 Å². The van der Waals surface area contributed by atoms with E-state index in [4.69, 9.17) is 4.42 Å². The molecule has 1 aromatic carbocycles. The van der Waals surface area contributed by atoms with E-state index in [0.717, 1.165) is 28.9 Å². The molecule has 1 aliphatic carbocycles. The molecular formula is C21H19N5O3S. The van der Waals surface area contributed by atoms with Crippen LogP contribution in [0, 0.1) is 5.92 Å². The average Bonchev–Trinajstić information content (AvgIpc) is 3.38. The number of hydrogen-bond donors (Lipinski definition) is 1. The number of carbonyl (C=O) groups excluding carboxylic acids is 1. The fourth-order valence-corrected chi connectivity index (χ4v) is 4.76. The number of amides is 1. The van der Waals surface area contributed by atoms with Crippen molar-refractivity contribution >= 4 is 33.5 Å². The predicted octanol–water partition coefficient (Wildman–Crippen LogP) is 3.88. The molecule has 0 radical (unpaired) electrons. The lowest BCUT2D eigenvalue weighted by Gasteiger charge is -2.27. The summed E-state index contributed by atoms with van der Waals surface area (Å²) < 4.78 is 6.99. The van der Waals surface area contributed by atoms with Gasteiger partial charge in [-0.1, -0.05) is 41.7 Å². The predicted molar refractivity (Wildman–Crippen MR) is 113 cm³/mol. The highest BCUT2D eigenvalue weighted by Crippen LogP contribution is 2.34. The first-order valence-corrected chi connectivity index (χ1v) is 10.7. The Hall–Kier alpha value is -3.33. The molecule has 0 unspecified atom stereocenters. The van der Waals surface area contributed by atoms with Crippen molar-refractivity contribution in [1.82, 2.24) is 19.7 Å². The fraction of sp³-hybridized carbons (Fsp3) is 0.286. The lowest BCUT2D eigenvalue weighted by atomic mass is 9.85. The lowest BCUT2D eigenvalue weighted by molar-refractivity contribution is -0.121. The summed E-state index contributed by atoms with van der Waals surface area (Å²) in [7, 11) is 0. The van der Waals surface area contributed by atoms with Crippen LogP contribution in [-0.4, -0.2) is 25.7 Å². The minimum Gasteiger partial charge on any atom is -0.406 e. The first-order chi connectivity index (χ1) is 14.7. The molecule has 9 heteroatoms. The van der Waals surface area contributed by atoms with Crippen molar-refractivity contribution in [2.75, 3.05) is 5.32 Å². The number of carbonyl (C=O) groups is 1. The number of nitrogens with one attached hydrogen (secondary N) is 1. The van der Waals surface area contributed by atoms with Crippen molar-refractivity contribution in [1.29, 1.82) is 0 Å². The van der Waals surface area contributed by atoms with E-state index in [9.17, 15) is 9.59 Å². The van der Waals surface area contributed by atoms with Gasteiger partial charge in [0.05, 0.1) is 11.7 Å². The molecule has 0 saturated heterocycles. The van der Waals surface area contributed by atoms with E-state index in [0.29, 0.717) is 23.6 Å². The van der Waals surface area contributed by atoms with E-state index in [2.05, 4.69) is 20.5 Å². The Labute approximate surface area is 175 Å². The molecule has 30 heavy (non-hydrogen) atoms. The van der Waals surface area contributed by atoms with Crippen molar-refractivity contribution in [3.8, 4) is 10.6 Å². The third-order valence-corrected chi connectivity index (χ3v) is 6.41. The Morgan fingerprint density at radius 1 is 1.10 bits per heavy atom. The van der Waals surface area contributed by atoms with Crippen molar-refractivity contribution in [2.24, 2.45) is 5.92 Å². The monoisotopic (exact) mass is 421 g/mol. The molecule has 5 rings (SSSR count). The van der Waals surface area contributed by atoms with Crippen LogP contribution >= 0.6 is 11.3 Å². The second-order valence-electron chi connectivity index (χ2n) is 7.35. The summed E-state index contributed by atoms with van der Waals surface area (Å²) in [6.07, 6.45) is 6.08. The molecule has 0 aliphatic heterocycles. The van der Waals surface area contributed by atoms with Crippen molar-refractivity contribution in [3.05, 3.63) is 59.3 Å². The SMILES string of the molecule is O=C(Nc1nnc(-c2ccccc2)s1)C1CCC(n2c(=O)oc3cnccc32)CC1. The van der Waals surface area contributed by atoms with Gasteiger partial charge in [0.2, 0.25) is 11.0 Å². The van der Waals surface area contributed by atoms with Gasteiger partial charge in [-0.05, 0) is 31.7 Å². The number of aromatic nitrogens is 4. The maximum absolute atomic E-state index is 12.7. The summed E-state index contributed by atoms with van der Waals surface area (Å²) in [6.45, 7) is 0. The Bertz CT molecular complexity index is 1240. The zero-order chi connectivity index (χ0) is 20.5. The third kappa shape index (κ3) is 3.52. The molecular weight excluding hydrogens is 402 g/mol. The molecule has 1 N–H and O–H groups in total. The molecule has 0 spiro atoms. The molecule has 0 atom stereocenters. The normalized spacial score (nSPS) is 19.1. The van der Waals surface area contributed by atoms with E-state index in [1.807, 2.05) is 30.3 Å². The number of fused-ring (bicyclic) bond motifs is 1. The summed E-state index contributed by atoms with van der Waals surface area (Å²) in [5.74, 6) is -0.521. The van der Waals surface area contributed by atoms with Gasteiger partial charge in [-0.3, -0.25) is 14.3 Å². The van der Waals surface area contributed by atoms with Crippen LogP contribution in [0.1, 0.15) is 31.7 Å². The second-order valence-corrected chi connectivity index (χ2v) is 8.33. The molecule has 4 aromatic rings. The lowest BCUT2D eigenvalue weighted by Crippen LogP contribution is -2.30. The van der Waals surface area contributed by atoms with E-state index in [1.165, 1.54) is 11.3 Å². The van der Waals surface area contributed by atoms with Crippen LogP contribution in [0.4, 0.5) is 5.13 Å². The number of hydrogen-bond acceptors (Lipinski definition) is 7. The smallest absolute Gasteiger partial charge is 0.406 e. The first-order valence-electron chi connectivity index (χ1n) is 9.84. The van der Waals surface area contributed by atoms with Gasteiger partial charge in [-0.2, -0.15) is 0 Å². The van der Waals surface area contributed by atoms with Gasteiger partial charge >= 0.3 is 5.76 Å². The molecule has 3 heterocycles. The van der Waals surface area contributed by atoms with Crippen LogP contribution in [0.3, 0.4) is 0 Å². The van der Waals surface area contributed by atoms with Crippen LogP contribution in [0.2, 0.25) is 0 Å². The van der Waals surface area contributed by atoms with E-state index < -0.39 is 0 Å². The molecule has 1 amide bonds. The van der Waals surface area contributed by atoms with Crippen molar-refractivity contribution in [2.45, 2.75) is 31.7 Å². The van der Waals surface area contributed by atoms with Crippen molar-refractivity contribution in [3.63, 3.8) is 0 Å². The number of anilines is 1. The van der Waals surface area contributed by atoms with E-state index in [-0.39, 0.29) is 23.6 Å². The highest BCUT2D eigenvalue weighted by atomic mass is 32.1. The summed E-state index contributed by atoms with van der Waals surface area (Å²) >= 11 is 1.36. The number of rotatable bonds is 4. The maximum Gasteiger partial charge on any atom is 0.420 e. The van der Waals surface area contributed by atoms with Gasteiger partial charge in [0.25, 0.3) is 0 Å². The van der Waals surface area contributed by atoms with Crippen LogP contribution in [-0.2, 0) is 4.79 Å². The van der Waals surface area contributed by atoms with Crippen LogP contribution < -0.4 is 11.1 Å². The molecule has 3 aromatic heterocycles. The topological polar surface area (TPSA) is 103 Å². The molecule has 152 valence electrons. The zero-order valence-corrected chi connectivity index (χ0v) is 16.8. The molecule has 8 nitrogen and oxygen atoms in total. The summed E-state index contributed by atoms with van der Waals surface area (Å²) in [4.78, 5) is 29.0. The maximum atomic E-state index is 12.7. The molecule has 1 fully saturated rings. The Morgan fingerprint density at radius 3 is 2.70 bits per heavy atom. The fourth-order valence-electron chi connectivity index (χ4n) is 4.01. The summed E-state index contributed by atoms with van der Waals surface area (Å²) in [5.41, 5.74) is 2.22. The Kier molecular flexibility index (Phi) is 4.88. The number of pyridine rings is 1. The van der Waals surface area contributed by atoms with Gasteiger partial charge < -0.3 is 9.73 Å². The summed E-state index contributed by atoms with van der Waals surface area (Å²) in [5, 5.41) is 12.5. The highest BCUT2D eigenvalue weighted by molar-refractivity contribution is 7.18. The van der Waals surface area contributed by atoms with E-state index in [1.54, 1.807) is 23.0 Å². The molecule has 1 saturated carbocycles. The largest absolute Gasteiger partial charge is 0.420 e. The summed E-state index contributed by atoms with van der Waals surface area (Å²) in [6, 6.07) is 11.6. The zero-order valence-electron chi connectivity index (χ0n) is 16.0. The molecule has 1 aliphatic rings. The minimum absolute atomic E-state index is 0.0245. The quantitative estimate of drug-likeness (QED) is 0.536. The van der Waals surface area contributed by atoms with Crippen LogP contribution in [0.15, 0.2) is 58.0 Å². The van der Waals surface area contributed by atoms with Gasteiger partial charge in [0.15, 0.2) is 5.58 Å².